The maximum atomic E-state index is 9.15. The number of nitrogens with zero attached hydrogens (tertiary/aromatic N) is 1. The lowest BCUT2D eigenvalue weighted by molar-refractivity contribution is 0.282. The minimum absolute atomic E-state index is 0.0817. The summed E-state index contributed by atoms with van der Waals surface area (Å²) in [6.45, 7) is 0.900. The third-order valence-electron chi connectivity index (χ3n) is 3.28. The fourth-order valence-electron chi connectivity index (χ4n) is 2.27. The highest BCUT2D eigenvalue weighted by molar-refractivity contribution is 6.30. The number of rotatable bonds is 3. The summed E-state index contributed by atoms with van der Waals surface area (Å²) in [6.07, 6.45) is 2.07. The molecule has 0 unspecified atom stereocenters. The average Bonchev–Trinajstić information content (AvgIpc) is 2.83. The van der Waals surface area contributed by atoms with Crippen molar-refractivity contribution < 1.29 is 5.11 Å². The van der Waals surface area contributed by atoms with Gasteiger partial charge in [0.05, 0.1) is 6.61 Å². The number of hydrogen-bond acceptors (Lipinski definition) is 1. The second-order valence-corrected chi connectivity index (χ2v) is 5.06. The Bertz CT molecular complexity index is 700. The standard InChI is InChI=1S/C16H14ClNO/c17-15-4-1-12(2-5-15)10-18-8-7-14-9-13(11-19)3-6-16(14)18/h1-9,19H,10-11H2. The number of fused-ring (bicyclic) bond motifs is 1. The van der Waals surface area contributed by atoms with E-state index >= 15 is 0 Å². The molecule has 3 rings (SSSR count). The summed E-state index contributed by atoms with van der Waals surface area (Å²) in [7, 11) is 0. The van der Waals surface area contributed by atoms with E-state index in [1.165, 1.54) is 11.1 Å². The summed E-state index contributed by atoms with van der Waals surface area (Å²) in [5.41, 5.74) is 3.33. The van der Waals surface area contributed by atoms with Gasteiger partial charge in [0.25, 0.3) is 0 Å². The van der Waals surface area contributed by atoms with Gasteiger partial charge in [-0.3, -0.25) is 0 Å². The van der Waals surface area contributed by atoms with Gasteiger partial charge in [-0.25, -0.2) is 0 Å². The highest BCUT2D eigenvalue weighted by atomic mass is 35.5. The van der Waals surface area contributed by atoms with Crippen LogP contribution in [0.25, 0.3) is 10.9 Å². The van der Waals surface area contributed by atoms with Gasteiger partial charge in [-0.15, -0.1) is 0 Å². The quantitative estimate of drug-likeness (QED) is 0.769. The van der Waals surface area contributed by atoms with Gasteiger partial charge in [-0.05, 0) is 46.8 Å². The van der Waals surface area contributed by atoms with Crippen molar-refractivity contribution in [2.75, 3.05) is 0 Å². The molecule has 0 spiro atoms. The van der Waals surface area contributed by atoms with Crippen LogP contribution in [0.1, 0.15) is 11.1 Å². The van der Waals surface area contributed by atoms with E-state index in [0.717, 1.165) is 22.5 Å². The molecule has 0 bridgehead atoms. The summed E-state index contributed by atoms with van der Waals surface area (Å²) in [4.78, 5) is 0. The van der Waals surface area contributed by atoms with Crippen LogP contribution in [-0.4, -0.2) is 9.67 Å². The number of halogens is 1. The fraction of sp³-hybridized carbons (Fsp3) is 0.125. The second kappa shape index (κ2) is 5.08. The van der Waals surface area contributed by atoms with Crippen LogP contribution in [-0.2, 0) is 13.2 Å². The van der Waals surface area contributed by atoms with Crippen LogP contribution in [0.15, 0.2) is 54.7 Å². The Morgan fingerprint density at radius 2 is 1.68 bits per heavy atom. The lowest BCUT2D eigenvalue weighted by Gasteiger charge is -2.06. The van der Waals surface area contributed by atoms with E-state index in [1.807, 2.05) is 36.4 Å². The number of aliphatic hydroxyl groups excluding tert-OH is 1. The molecule has 1 aromatic heterocycles. The summed E-state index contributed by atoms with van der Waals surface area (Å²) in [5.74, 6) is 0. The van der Waals surface area contributed by atoms with Crippen LogP contribution in [0.5, 0.6) is 0 Å². The average molecular weight is 272 g/mol. The van der Waals surface area contributed by atoms with E-state index < -0.39 is 0 Å². The zero-order valence-corrected chi connectivity index (χ0v) is 11.1. The Balaban J connectivity index is 1.95. The molecule has 19 heavy (non-hydrogen) atoms. The van der Waals surface area contributed by atoms with Gasteiger partial charge in [0.2, 0.25) is 0 Å². The minimum Gasteiger partial charge on any atom is -0.392 e. The molecule has 2 aromatic carbocycles. The summed E-state index contributed by atoms with van der Waals surface area (Å²) in [6, 6.07) is 16.0. The van der Waals surface area contributed by atoms with Crippen molar-refractivity contribution in [2.45, 2.75) is 13.2 Å². The van der Waals surface area contributed by atoms with Crippen LogP contribution in [0.2, 0.25) is 5.02 Å². The first-order valence-electron chi connectivity index (χ1n) is 6.19. The van der Waals surface area contributed by atoms with E-state index in [2.05, 4.69) is 22.9 Å². The Morgan fingerprint density at radius 1 is 0.947 bits per heavy atom. The Labute approximate surface area is 116 Å². The molecule has 1 N–H and O–H groups in total. The van der Waals surface area contributed by atoms with Crippen molar-refractivity contribution in [2.24, 2.45) is 0 Å². The molecule has 3 heteroatoms. The summed E-state index contributed by atoms with van der Waals surface area (Å²) < 4.78 is 2.19. The Kier molecular flexibility index (Phi) is 3.28. The summed E-state index contributed by atoms with van der Waals surface area (Å²) in [5, 5.41) is 11.1. The Morgan fingerprint density at radius 3 is 2.42 bits per heavy atom. The van der Waals surface area contributed by atoms with Gasteiger partial charge >= 0.3 is 0 Å². The first-order chi connectivity index (χ1) is 9.26. The lowest BCUT2D eigenvalue weighted by atomic mass is 10.1. The number of hydrogen-bond donors (Lipinski definition) is 1. The van der Waals surface area contributed by atoms with Crippen molar-refractivity contribution in [1.29, 1.82) is 0 Å². The van der Waals surface area contributed by atoms with Gasteiger partial charge in [0, 0.05) is 23.3 Å². The van der Waals surface area contributed by atoms with Crippen molar-refractivity contribution in [3.63, 3.8) is 0 Å². The molecule has 0 amide bonds. The van der Waals surface area contributed by atoms with E-state index in [1.54, 1.807) is 0 Å². The van der Waals surface area contributed by atoms with Gasteiger partial charge in [-0.1, -0.05) is 29.8 Å². The van der Waals surface area contributed by atoms with Gasteiger partial charge in [-0.2, -0.15) is 0 Å². The molecular weight excluding hydrogens is 258 g/mol. The maximum Gasteiger partial charge on any atom is 0.0682 e. The normalized spacial score (nSPS) is 11.1. The lowest BCUT2D eigenvalue weighted by Crippen LogP contribution is -1.97. The number of benzene rings is 2. The molecule has 0 fully saturated rings. The van der Waals surface area contributed by atoms with Crippen molar-refractivity contribution in [3.05, 3.63) is 70.9 Å². The van der Waals surface area contributed by atoms with Crippen LogP contribution < -0.4 is 0 Å². The van der Waals surface area contributed by atoms with E-state index in [9.17, 15) is 0 Å². The molecule has 0 aliphatic heterocycles. The first kappa shape index (κ1) is 12.3. The molecule has 2 nitrogen and oxygen atoms in total. The van der Waals surface area contributed by atoms with E-state index in [-0.39, 0.29) is 6.61 Å². The van der Waals surface area contributed by atoms with Gasteiger partial charge in [0.1, 0.15) is 0 Å². The SMILES string of the molecule is OCc1ccc2c(ccn2Cc2ccc(Cl)cc2)c1. The highest BCUT2D eigenvalue weighted by Gasteiger charge is 2.03. The molecule has 0 saturated carbocycles. The van der Waals surface area contributed by atoms with E-state index in [0.29, 0.717) is 0 Å². The first-order valence-corrected chi connectivity index (χ1v) is 6.57. The largest absolute Gasteiger partial charge is 0.392 e. The topological polar surface area (TPSA) is 25.2 Å². The molecule has 96 valence electrons. The van der Waals surface area contributed by atoms with Crippen LogP contribution in [0.4, 0.5) is 0 Å². The van der Waals surface area contributed by atoms with Crippen LogP contribution in [0.3, 0.4) is 0 Å². The minimum atomic E-state index is 0.0817. The maximum absolute atomic E-state index is 9.15. The Hall–Kier alpha value is -1.77. The predicted octanol–water partition coefficient (Wildman–Crippen LogP) is 3.84. The molecule has 1 heterocycles. The monoisotopic (exact) mass is 271 g/mol. The highest BCUT2D eigenvalue weighted by Crippen LogP contribution is 2.19. The molecular formula is C16H14ClNO. The molecule has 0 aliphatic rings. The second-order valence-electron chi connectivity index (χ2n) is 4.62. The third-order valence-corrected chi connectivity index (χ3v) is 3.54. The number of aliphatic hydroxyl groups is 1. The smallest absolute Gasteiger partial charge is 0.0682 e. The fourth-order valence-corrected chi connectivity index (χ4v) is 2.40. The third kappa shape index (κ3) is 2.50. The van der Waals surface area contributed by atoms with Crippen LogP contribution >= 0.6 is 11.6 Å². The number of aromatic nitrogens is 1. The molecule has 3 aromatic rings. The van der Waals surface area contributed by atoms with Crippen LogP contribution in [0, 0.1) is 0 Å². The molecule has 0 radical (unpaired) electrons. The van der Waals surface area contributed by atoms with Crippen molar-refractivity contribution in [3.8, 4) is 0 Å². The summed E-state index contributed by atoms with van der Waals surface area (Å²) >= 11 is 5.89. The van der Waals surface area contributed by atoms with Gasteiger partial charge < -0.3 is 9.67 Å². The zero-order chi connectivity index (χ0) is 13.2. The van der Waals surface area contributed by atoms with Crippen molar-refractivity contribution in [1.82, 2.24) is 4.57 Å². The van der Waals surface area contributed by atoms with Gasteiger partial charge in [0.15, 0.2) is 0 Å². The zero-order valence-electron chi connectivity index (χ0n) is 10.4. The van der Waals surface area contributed by atoms with Crippen molar-refractivity contribution >= 4 is 22.5 Å². The molecule has 0 saturated heterocycles. The van der Waals surface area contributed by atoms with E-state index in [4.69, 9.17) is 16.7 Å². The predicted molar refractivity (Wildman–Crippen MR) is 78.4 cm³/mol. The molecule has 0 aliphatic carbocycles. The molecule has 0 atom stereocenters.